The first-order chi connectivity index (χ1) is 10.9. The van der Waals surface area contributed by atoms with Gasteiger partial charge in [0.25, 0.3) is 5.91 Å². The number of nitriles is 1. The van der Waals surface area contributed by atoms with Gasteiger partial charge in [0, 0.05) is 0 Å². The molecule has 0 aliphatic rings. The molecule has 1 amide bonds. The van der Waals surface area contributed by atoms with Crippen molar-refractivity contribution in [3.05, 3.63) is 58.1 Å². The molecule has 0 radical (unpaired) electrons. The van der Waals surface area contributed by atoms with Crippen LogP contribution in [0.1, 0.15) is 23.6 Å². The van der Waals surface area contributed by atoms with Crippen molar-refractivity contribution in [1.82, 2.24) is 0 Å². The van der Waals surface area contributed by atoms with E-state index in [1.165, 1.54) is 0 Å². The Morgan fingerprint density at radius 3 is 2.48 bits per heavy atom. The summed E-state index contributed by atoms with van der Waals surface area (Å²) in [4.78, 5) is 12.3. The molecule has 23 heavy (non-hydrogen) atoms. The Balaban J connectivity index is 2.07. The van der Waals surface area contributed by atoms with Crippen LogP contribution >= 0.6 is 11.6 Å². The first kappa shape index (κ1) is 16.9. The molecule has 0 bridgehead atoms. The van der Waals surface area contributed by atoms with Crippen LogP contribution in [0.15, 0.2) is 36.4 Å². The standard InChI is InChI=1S/C18H17ClN2O2/c1-11-8-12(2)17(16(19)9-11)21-18(22)13(3)23-15-6-4-14(10-20)5-7-15/h4-9,13H,1-3H3,(H,21,22). The minimum absolute atomic E-state index is 0.289. The van der Waals surface area contributed by atoms with Gasteiger partial charge in [0.15, 0.2) is 6.10 Å². The molecule has 0 fully saturated rings. The average molecular weight is 329 g/mol. The number of hydrogen-bond donors (Lipinski definition) is 1. The topological polar surface area (TPSA) is 62.1 Å². The molecular formula is C18H17ClN2O2. The summed E-state index contributed by atoms with van der Waals surface area (Å²) < 4.78 is 5.59. The van der Waals surface area contributed by atoms with Gasteiger partial charge in [-0.3, -0.25) is 4.79 Å². The van der Waals surface area contributed by atoms with E-state index in [4.69, 9.17) is 21.6 Å². The van der Waals surface area contributed by atoms with Gasteiger partial charge in [-0.05, 0) is 62.2 Å². The maximum Gasteiger partial charge on any atom is 0.265 e. The van der Waals surface area contributed by atoms with Crippen LogP contribution in [-0.2, 0) is 4.79 Å². The summed E-state index contributed by atoms with van der Waals surface area (Å²) >= 11 is 6.19. The van der Waals surface area contributed by atoms with Gasteiger partial charge >= 0.3 is 0 Å². The second-order valence-corrected chi connectivity index (χ2v) is 5.73. The number of aryl methyl sites for hydroxylation is 2. The molecule has 0 spiro atoms. The zero-order valence-corrected chi connectivity index (χ0v) is 13.9. The number of ether oxygens (including phenoxy) is 1. The van der Waals surface area contributed by atoms with Gasteiger partial charge in [-0.2, -0.15) is 5.26 Å². The monoisotopic (exact) mass is 328 g/mol. The highest BCUT2D eigenvalue weighted by Crippen LogP contribution is 2.27. The van der Waals surface area contributed by atoms with Gasteiger partial charge < -0.3 is 10.1 Å². The van der Waals surface area contributed by atoms with E-state index in [1.54, 1.807) is 37.3 Å². The van der Waals surface area contributed by atoms with Crippen molar-refractivity contribution in [2.75, 3.05) is 5.32 Å². The molecule has 0 aromatic heterocycles. The number of benzene rings is 2. The number of nitrogens with one attached hydrogen (secondary N) is 1. The van der Waals surface area contributed by atoms with Crippen LogP contribution in [0.25, 0.3) is 0 Å². The predicted octanol–water partition coefficient (Wildman–Crippen LogP) is 4.23. The van der Waals surface area contributed by atoms with Crippen molar-refractivity contribution < 1.29 is 9.53 Å². The Hall–Kier alpha value is -2.51. The third kappa shape index (κ3) is 4.24. The molecule has 1 atom stereocenters. The average Bonchev–Trinajstić information content (AvgIpc) is 2.51. The van der Waals surface area contributed by atoms with E-state index in [0.29, 0.717) is 22.0 Å². The minimum atomic E-state index is -0.695. The third-order valence-corrected chi connectivity index (χ3v) is 3.64. The van der Waals surface area contributed by atoms with Crippen molar-refractivity contribution in [2.45, 2.75) is 26.9 Å². The van der Waals surface area contributed by atoms with Gasteiger partial charge in [-0.25, -0.2) is 0 Å². The fourth-order valence-corrected chi connectivity index (χ4v) is 2.53. The lowest BCUT2D eigenvalue weighted by Gasteiger charge is -2.17. The molecule has 0 aliphatic carbocycles. The molecular weight excluding hydrogens is 312 g/mol. The number of rotatable bonds is 4. The Morgan fingerprint density at radius 1 is 1.26 bits per heavy atom. The second-order valence-electron chi connectivity index (χ2n) is 5.32. The summed E-state index contributed by atoms with van der Waals surface area (Å²) in [6, 6.07) is 12.4. The zero-order valence-electron chi connectivity index (χ0n) is 13.2. The predicted molar refractivity (Wildman–Crippen MR) is 90.8 cm³/mol. The number of halogens is 1. The van der Waals surface area contributed by atoms with Crippen LogP contribution in [0.2, 0.25) is 5.02 Å². The lowest BCUT2D eigenvalue weighted by atomic mass is 10.1. The van der Waals surface area contributed by atoms with Crippen molar-refractivity contribution in [2.24, 2.45) is 0 Å². The van der Waals surface area contributed by atoms with E-state index in [9.17, 15) is 4.79 Å². The minimum Gasteiger partial charge on any atom is -0.481 e. The molecule has 0 aliphatic heterocycles. The maximum absolute atomic E-state index is 12.3. The van der Waals surface area contributed by atoms with Gasteiger partial charge in [-0.15, -0.1) is 0 Å². The van der Waals surface area contributed by atoms with E-state index >= 15 is 0 Å². The van der Waals surface area contributed by atoms with Crippen LogP contribution in [0, 0.1) is 25.2 Å². The summed E-state index contributed by atoms with van der Waals surface area (Å²) in [5.74, 6) is 0.238. The summed E-state index contributed by atoms with van der Waals surface area (Å²) in [7, 11) is 0. The Morgan fingerprint density at radius 2 is 1.91 bits per heavy atom. The summed E-state index contributed by atoms with van der Waals surface area (Å²) in [6.45, 7) is 5.49. The summed E-state index contributed by atoms with van der Waals surface area (Å²) in [6.07, 6.45) is -0.695. The molecule has 2 aromatic carbocycles. The summed E-state index contributed by atoms with van der Waals surface area (Å²) in [5.41, 5.74) is 3.07. The first-order valence-corrected chi connectivity index (χ1v) is 7.53. The number of anilines is 1. The quantitative estimate of drug-likeness (QED) is 0.913. The molecule has 2 aromatic rings. The van der Waals surface area contributed by atoms with Crippen molar-refractivity contribution in [3.63, 3.8) is 0 Å². The smallest absolute Gasteiger partial charge is 0.265 e. The molecule has 0 heterocycles. The molecule has 4 nitrogen and oxygen atoms in total. The van der Waals surface area contributed by atoms with Gasteiger partial charge in [-0.1, -0.05) is 17.7 Å². The highest BCUT2D eigenvalue weighted by Gasteiger charge is 2.17. The zero-order chi connectivity index (χ0) is 17.0. The maximum atomic E-state index is 12.3. The van der Waals surface area contributed by atoms with E-state index < -0.39 is 6.10 Å². The summed E-state index contributed by atoms with van der Waals surface area (Å²) in [5, 5.41) is 12.1. The Bertz CT molecular complexity index is 741. The number of amides is 1. The number of carbonyl (C=O) groups excluding carboxylic acids is 1. The van der Waals surface area contributed by atoms with Crippen molar-refractivity contribution in [3.8, 4) is 11.8 Å². The number of hydrogen-bond acceptors (Lipinski definition) is 3. The normalized spacial score (nSPS) is 11.4. The van der Waals surface area contributed by atoms with Crippen LogP contribution in [0.3, 0.4) is 0 Å². The molecule has 1 unspecified atom stereocenters. The SMILES string of the molecule is Cc1cc(C)c(NC(=O)C(C)Oc2ccc(C#N)cc2)c(Cl)c1. The molecule has 0 saturated heterocycles. The van der Waals surface area contributed by atoms with E-state index in [0.717, 1.165) is 11.1 Å². The Kier molecular flexibility index (Phi) is 5.25. The van der Waals surface area contributed by atoms with Crippen LogP contribution in [0.5, 0.6) is 5.75 Å². The first-order valence-electron chi connectivity index (χ1n) is 7.15. The number of carbonyl (C=O) groups is 1. The Labute approximate surface area is 140 Å². The molecule has 5 heteroatoms. The van der Waals surface area contributed by atoms with E-state index in [2.05, 4.69) is 5.32 Å². The lowest BCUT2D eigenvalue weighted by Crippen LogP contribution is -2.30. The van der Waals surface area contributed by atoms with Crippen LogP contribution in [0.4, 0.5) is 5.69 Å². The molecule has 0 saturated carbocycles. The molecule has 1 N–H and O–H groups in total. The van der Waals surface area contributed by atoms with Crippen LogP contribution in [-0.4, -0.2) is 12.0 Å². The third-order valence-electron chi connectivity index (χ3n) is 3.35. The largest absolute Gasteiger partial charge is 0.481 e. The lowest BCUT2D eigenvalue weighted by molar-refractivity contribution is -0.122. The fourth-order valence-electron chi connectivity index (χ4n) is 2.16. The molecule has 118 valence electrons. The van der Waals surface area contributed by atoms with Gasteiger partial charge in [0.2, 0.25) is 0 Å². The van der Waals surface area contributed by atoms with Crippen molar-refractivity contribution >= 4 is 23.2 Å². The fraction of sp³-hybridized carbons (Fsp3) is 0.222. The highest BCUT2D eigenvalue weighted by atomic mass is 35.5. The van der Waals surface area contributed by atoms with Gasteiger partial charge in [0.05, 0.1) is 22.3 Å². The van der Waals surface area contributed by atoms with E-state index in [-0.39, 0.29) is 5.91 Å². The van der Waals surface area contributed by atoms with Crippen LogP contribution < -0.4 is 10.1 Å². The number of nitrogens with zero attached hydrogens (tertiary/aromatic N) is 1. The van der Waals surface area contributed by atoms with Crippen molar-refractivity contribution in [1.29, 1.82) is 5.26 Å². The molecule has 2 rings (SSSR count). The van der Waals surface area contributed by atoms with Gasteiger partial charge in [0.1, 0.15) is 5.75 Å². The second kappa shape index (κ2) is 7.17. The van der Waals surface area contributed by atoms with E-state index in [1.807, 2.05) is 26.0 Å². The highest BCUT2D eigenvalue weighted by molar-refractivity contribution is 6.34.